The maximum atomic E-state index is 13.1. The number of carbonyl (C=O) groups is 1. The molecule has 1 atom stereocenters. The van der Waals surface area contributed by atoms with E-state index >= 15 is 0 Å². The fourth-order valence-corrected chi connectivity index (χ4v) is 2.92. The molecule has 0 amide bonds. The van der Waals surface area contributed by atoms with Crippen LogP contribution < -0.4 is 4.74 Å². The van der Waals surface area contributed by atoms with Crippen molar-refractivity contribution >= 4 is 11.7 Å². The number of hydrogen-bond acceptors (Lipinski definition) is 5. The highest BCUT2D eigenvalue weighted by molar-refractivity contribution is 6.20. The van der Waals surface area contributed by atoms with Gasteiger partial charge in [0.25, 0.3) is 0 Å². The fraction of sp³-hybridized carbons (Fsp3) is 0.300. The molecule has 0 spiro atoms. The molecule has 5 nitrogen and oxygen atoms in total. The van der Waals surface area contributed by atoms with Crippen LogP contribution in [0.4, 0.5) is 0 Å². The average Bonchev–Trinajstić information content (AvgIpc) is 3.08. The maximum Gasteiger partial charge on any atom is 0.326 e. The first-order valence-corrected chi connectivity index (χ1v) is 8.19. The molecule has 1 heterocycles. The third-order valence-corrected chi connectivity index (χ3v) is 4.16. The van der Waals surface area contributed by atoms with Crippen LogP contribution >= 0.6 is 0 Å². The van der Waals surface area contributed by atoms with Crippen LogP contribution in [0.1, 0.15) is 25.0 Å². The molecular weight excluding hydrogens is 318 g/mol. The molecule has 130 valence electrons. The highest BCUT2D eigenvalue weighted by Gasteiger charge is 2.52. The molecule has 0 saturated heterocycles. The second-order valence-electron chi connectivity index (χ2n) is 6.17. The summed E-state index contributed by atoms with van der Waals surface area (Å²) in [5.74, 6) is 0.374. The molecule has 0 bridgehead atoms. The smallest absolute Gasteiger partial charge is 0.326 e. The van der Waals surface area contributed by atoms with Gasteiger partial charge in [-0.25, -0.2) is 0 Å². The monoisotopic (exact) mass is 339 g/mol. The lowest BCUT2D eigenvalue weighted by atomic mass is 9.75. The third-order valence-electron chi connectivity index (χ3n) is 4.16. The van der Waals surface area contributed by atoms with Crippen molar-refractivity contribution in [2.24, 2.45) is 5.16 Å². The Morgan fingerprint density at radius 3 is 2.40 bits per heavy atom. The van der Waals surface area contributed by atoms with Crippen molar-refractivity contribution in [2.45, 2.75) is 25.4 Å². The van der Waals surface area contributed by atoms with Crippen LogP contribution in [0.15, 0.2) is 59.8 Å². The summed E-state index contributed by atoms with van der Waals surface area (Å²) < 4.78 is 10.8. The van der Waals surface area contributed by atoms with Crippen molar-refractivity contribution in [1.82, 2.24) is 0 Å². The summed E-state index contributed by atoms with van der Waals surface area (Å²) in [5, 5.41) is 4.19. The van der Waals surface area contributed by atoms with E-state index in [9.17, 15) is 4.79 Å². The maximum absolute atomic E-state index is 13.1. The summed E-state index contributed by atoms with van der Waals surface area (Å²) in [7, 11) is 1.61. The highest BCUT2D eigenvalue weighted by atomic mass is 16.6. The summed E-state index contributed by atoms with van der Waals surface area (Å²) in [5.41, 5.74) is 1.06. The third kappa shape index (κ3) is 3.09. The summed E-state index contributed by atoms with van der Waals surface area (Å²) >= 11 is 0. The van der Waals surface area contributed by atoms with Crippen LogP contribution in [-0.2, 0) is 19.8 Å². The van der Waals surface area contributed by atoms with Gasteiger partial charge in [-0.15, -0.1) is 0 Å². The second-order valence-corrected chi connectivity index (χ2v) is 6.17. The molecule has 3 rings (SSSR count). The molecule has 0 aromatic heterocycles. The van der Waals surface area contributed by atoms with Crippen molar-refractivity contribution in [3.63, 3.8) is 0 Å². The molecule has 1 aliphatic heterocycles. The zero-order valence-corrected chi connectivity index (χ0v) is 14.6. The van der Waals surface area contributed by atoms with Crippen LogP contribution in [0.3, 0.4) is 0 Å². The lowest BCUT2D eigenvalue weighted by molar-refractivity contribution is -0.152. The highest BCUT2D eigenvalue weighted by Crippen LogP contribution is 2.36. The van der Waals surface area contributed by atoms with Crippen molar-refractivity contribution in [2.75, 3.05) is 13.7 Å². The van der Waals surface area contributed by atoms with E-state index in [-0.39, 0.29) is 18.7 Å². The lowest BCUT2D eigenvalue weighted by Crippen LogP contribution is -2.46. The number of hydrogen-bond donors (Lipinski definition) is 0. The molecule has 0 fully saturated rings. The van der Waals surface area contributed by atoms with E-state index in [0.717, 1.165) is 16.9 Å². The Morgan fingerprint density at radius 1 is 1.12 bits per heavy atom. The quantitative estimate of drug-likeness (QED) is 0.784. The van der Waals surface area contributed by atoms with Crippen LogP contribution in [-0.4, -0.2) is 31.5 Å². The summed E-state index contributed by atoms with van der Waals surface area (Å²) in [6.45, 7) is 3.77. The fourth-order valence-electron chi connectivity index (χ4n) is 2.92. The molecule has 0 radical (unpaired) electrons. The molecule has 2 aromatic rings. The van der Waals surface area contributed by atoms with Crippen LogP contribution in [0.25, 0.3) is 0 Å². The van der Waals surface area contributed by atoms with Crippen LogP contribution in [0.5, 0.6) is 5.75 Å². The molecule has 1 unspecified atom stereocenters. The molecule has 0 saturated carbocycles. The summed E-state index contributed by atoms with van der Waals surface area (Å²) in [6.07, 6.45) is -0.231. The second kappa shape index (κ2) is 6.97. The Hall–Kier alpha value is -2.82. The molecule has 2 aromatic carbocycles. The van der Waals surface area contributed by atoms with E-state index in [1.165, 1.54) is 0 Å². The number of ether oxygens (including phenoxy) is 2. The van der Waals surface area contributed by atoms with Gasteiger partial charge >= 0.3 is 5.97 Å². The Labute approximate surface area is 147 Å². The van der Waals surface area contributed by atoms with E-state index < -0.39 is 5.41 Å². The summed E-state index contributed by atoms with van der Waals surface area (Å²) in [4.78, 5) is 18.5. The van der Waals surface area contributed by atoms with Gasteiger partial charge in [0.1, 0.15) is 18.1 Å². The molecule has 1 aliphatic rings. The minimum atomic E-state index is -1.08. The van der Waals surface area contributed by atoms with Crippen LogP contribution in [0.2, 0.25) is 0 Å². The predicted molar refractivity (Wildman–Crippen MR) is 94.8 cm³/mol. The van der Waals surface area contributed by atoms with Crippen LogP contribution in [0, 0.1) is 0 Å². The number of oxime groups is 1. The van der Waals surface area contributed by atoms with Crippen molar-refractivity contribution in [1.29, 1.82) is 0 Å². The molecular formula is C20H21NO4. The first kappa shape index (κ1) is 17.0. The van der Waals surface area contributed by atoms with Gasteiger partial charge in [0, 0.05) is 5.56 Å². The molecule has 0 aliphatic carbocycles. The summed E-state index contributed by atoms with van der Waals surface area (Å²) in [6, 6.07) is 16.9. The van der Waals surface area contributed by atoms with Gasteiger partial charge in [-0.2, -0.15) is 0 Å². The standard InChI is InChI=1S/C20H21NO4/c1-14(2)25-19(22)20(16-7-5-4-6-8-16)13-24-21-18(20)15-9-11-17(23-3)12-10-15/h4-12,14H,13H2,1-3H3. The van der Waals surface area contributed by atoms with Gasteiger partial charge in [-0.3, -0.25) is 4.79 Å². The first-order valence-electron chi connectivity index (χ1n) is 8.19. The minimum absolute atomic E-state index is 0.115. The number of carbonyl (C=O) groups excluding carboxylic acids is 1. The topological polar surface area (TPSA) is 57.1 Å². The number of benzene rings is 2. The van der Waals surface area contributed by atoms with Gasteiger partial charge < -0.3 is 14.3 Å². The van der Waals surface area contributed by atoms with Gasteiger partial charge in [-0.05, 0) is 43.7 Å². The molecule has 5 heteroatoms. The Morgan fingerprint density at radius 2 is 1.80 bits per heavy atom. The van der Waals surface area contributed by atoms with E-state index in [2.05, 4.69) is 5.16 Å². The van der Waals surface area contributed by atoms with E-state index in [4.69, 9.17) is 14.3 Å². The van der Waals surface area contributed by atoms with E-state index in [1.54, 1.807) is 7.11 Å². The predicted octanol–water partition coefficient (Wildman–Crippen LogP) is 3.32. The average molecular weight is 339 g/mol. The van der Waals surface area contributed by atoms with Crippen molar-refractivity contribution in [3.05, 3.63) is 65.7 Å². The number of rotatable bonds is 5. The Kier molecular flexibility index (Phi) is 4.74. The largest absolute Gasteiger partial charge is 0.497 e. The Bertz CT molecular complexity index is 768. The Balaban J connectivity index is 2.10. The number of nitrogens with zero attached hydrogens (tertiary/aromatic N) is 1. The zero-order valence-electron chi connectivity index (χ0n) is 14.6. The lowest BCUT2D eigenvalue weighted by Gasteiger charge is -2.28. The normalized spacial score (nSPS) is 19.3. The minimum Gasteiger partial charge on any atom is -0.497 e. The van der Waals surface area contributed by atoms with Gasteiger partial charge in [0.15, 0.2) is 5.41 Å². The zero-order chi connectivity index (χ0) is 17.9. The van der Waals surface area contributed by atoms with Gasteiger partial charge in [-0.1, -0.05) is 35.5 Å². The van der Waals surface area contributed by atoms with Gasteiger partial charge in [0.05, 0.1) is 13.2 Å². The number of methoxy groups -OCH3 is 1. The van der Waals surface area contributed by atoms with E-state index in [0.29, 0.717) is 5.71 Å². The van der Waals surface area contributed by atoms with E-state index in [1.807, 2.05) is 68.4 Å². The first-order chi connectivity index (χ1) is 12.1. The van der Waals surface area contributed by atoms with Crippen molar-refractivity contribution in [3.8, 4) is 5.75 Å². The molecule has 0 N–H and O–H groups in total. The number of esters is 1. The van der Waals surface area contributed by atoms with Gasteiger partial charge in [0.2, 0.25) is 0 Å². The molecule has 25 heavy (non-hydrogen) atoms. The van der Waals surface area contributed by atoms with Crippen molar-refractivity contribution < 1.29 is 19.1 Å². The SMILES string of the molecule is COc1ccc(C2=NOCC2(C(=O)OC(C)C)c2ccccc2)cc1.